The number of rotatable bonds is 2. The third-order valence-corrected chi connectivity index (χ3v) is 7.09. The highest BCUT2D eigenvalue weighted by molar-refractivity contribution is 9.10. The molecule has 2 rings (SSSR count). The summed E-state index contributed by atoms with van der Waals surface area (Å²) in [6.07, 6.45) is 0. The predicted octanol–water partition coefficient (Wildman–Crippen LogP) is 1.92. The van der Waals surface area contributed by atoms with Crippen LogP contribution in [0.4, 0.5) is 0 Å². The molecule has 16 heavy (non-hydrogen) atoms. The second-order valence-corrected chi connectivity index (χ2v) is 7.45. The molecule has 0 amide bonds. The van der Waals surface area contributed by atoms with Gasteiger partial charge in [-0.1, -0.05) is 0 Å². The summed E-state index contributed by atoms with van der Waals surface area (Å²) in [5.74, 6) is 0. The van der Waals surface area contributed by atoms with Gasteiger partial charge >= 0.3 is 0 Å². The van der Waals surface area contributed by atoms with Crippen molar-refractivity contribution < 1.29 is 13.2 Å². The quantitative estimate of drug-likeness (QED) is 0.834. The molecule has 0 aliphatic carbocycles. The Labute approximate surface area is 107 Å². The minimum absolute atomic E-state index is 0.104. The second-order valence-electron chi connectivity index (χ2n) is 3.60. The Kier molecular flexibility index (Phi) is 3.70. The molecule has 1 unspecified atom stereocenters. The molecule has 1 aliphatic heterocycles. The van der Waals surface area contributed by atoms with Gasteiger partial charge in [-0.2, -0.15) is 4.31 Å². The average molecular weight is 326 g/mol. The van der Waals surface area contributed by atoms with Crippen molar-refractivity contribution in [2.75, 3.05) is 19.8 Å². The van der Waals surface area contributed by atoms with Gasteiger partial charge in [0.05, 0.1) is 13.2 Å². The van der Waals surface area contributed by atoms with Crippen molar-refractivity contribution >= 4 is 37.3 Å². The van der Waals surface area contributed by atoms with E-state index in [-0.39, 0.29) is 6.04 Å². The molecule has 4 nitrogen and oxygen atoms in total. The number of hydrogen-bond donors (Lipinski definition) is 0. The molecule has 2 heterocycles. The molecule has 0 bridgehead atoms. The molecule has 1 aromatic heterocycles. The van der Waals surface area contributed by atoms with E-state index in [1.54, 1.807) is 11.4 Å². The van der Waals surface area contributed by atoms with Gasteiger partial charge in [-0.3, -0.25) is 0 Å². The summed E-state index contributed by atoms with van der Waals surface area (Å²) < 4.78 is 32.4. The molecule has 0 saturated carbocycles. The number of morpholine rings is 1. The van der Waals surface area contributed by atoms with E-state index in [4.69, 9.17) is 4.74 Å². The van der Waals surface area contributed by atoms with E-state index in [9.17, 15) is 8.42 Å². The SMILES string of the molecule is CC1COCCN1S(=O)(=O)c1sccc1Br. The Morgan fingerprint density at radius 1 is 1.62 bits per heavy atom. The Morgan fingerprint density at radius 2 is 2.38 bits per heavy atom. The minimum Gasteiger partial charge on any atom is -0.378 e. The van der Waals surface area contributed by atoms with E-state index >= 15 is 0 Å². The van der Waals surface area contributed by atoms with Crippen molar-refractivity contribution in [2.24, 2.45) is 0 Å². The molecule has 0 N–H and O–H groups in total. The zero-order valence-corrected chi connectivity index (χ0v) is 11.9. The molecule has 1 atom stereocenters. The summed E-state index contributed by atoms with van der Waals surface area (Å²) in [6, 6.07) is 1.65. The Balaban J connectivity index is 2.35. The van der Waals surface area contributed by atoms with Gasteiger partial charge in [0.1, 0.15) is 4.21 Å². The third-order valence-electron chi connectivity index (χ3n) is 2.43. The van der Waals surface area contributed by atoms with Crippen LogP contribution in [0.2, 0.25) is 0 Å². The Bertz CT molecular complexity index is 471. The number of ether oxygens (including phenoxy) is 1. The summed E-state index contributed by atoms with van der Waals surface area (Å²) >= 11 is 4.50. The zero-order chi connectivity index (χ0) is 11.8. The Morgan fingerprint density at radius 3 is 2.94 bits per heavy atom. The van der Waals surface area contributed by atoms with Crippen molar-refractivity contribution in [1.82, 2.24) is 4.31 Å². The summed E-state index contributed by atoms with van der Waals surface area (Å²) in [5.41, 5.74) is 0. The average Bonchev–Trinajstić information content (AvgIpc) is 2.65. The van der Waals surface area contributed by atoms with Crippen molar-refractivity contribution in [2.45, 2.75) is 17.2 Å². The molecule has 90 valence electrons. The number of nitrogens with zero attached hydrogens (tertiary/aromatic N) is 1. The van der Waals surface area contributed by atoms with Gasteiger partial charge in [0.15, 0.2) is 0 Å². The maximum absolute atomic E-state index is 12.3. The molecule has 0 aromatic carbocycles. The lowest BCUT2D eigenvalue weighted by atomic mass is 10.3. The lowest BCUT2D eigenvalue weighted by Crippen LogP contribution is -2.46. The second kappa shape index (κ2) is 4.73. The first-order valence-electron chi connectivity index (χ1n) is 4.86. The fraction of sp³-hybridized carbons (Fsp3) is 0.556. The van der Waals surface area contributed by atoms with Gasteiger partial charge in [0.25, 0.3) is 10.0 Å². The van der Waals surface area contributed by atoms with Crippen LogP contribution >= 0.6 is 27.3 Å². The van der Waals surface area contributed by atoms with E-state index in [2.05, 4.69) is 15.9 Å². The van der Waals surface area contributed by atoms with Crippen LogP contribution in [0.25, 0.3) is 0 Å². The number of halogens is 1. The van der Waals surface area contributed by atoms with Gasteiger partial charge < -0.3 is 4.74 Å². The van der Waals surface area contributed by atoms with Crippen molar-refractivity contribution in [1.29, 1.82) is 0 Å². The van der Waals surface area contributed by atoms with Crippen molar-refractivity contribution in [3.63, 3.8) is 0 Å². The molecular weight excluding hydrogens is 314 g/mol. The molecule has 1 aromatic rings. The van der Waals surface area contributed by atoms with E-state index in [1.165, 1.54) is 15.6 Å². The van der Waals surface area contributed by atoms with E-state index < -0.39 is 10.0 Å². The Hall–Kier alpha value is 0.0500. The van der Waals surface area contributed by atoms with Gasteiger partial charge in [-0.15, -0.1) is 11.3 Å². The van der Waals surface area contributed by atoms with Crippen LogP contribution < -0.4 is 0 Å². The summed E-state index contributed by atoms with van der Waals surface area (Å²) in [4.78, 5) is 0. The van der Waals surface area contributed by atoms with Crippen LogP contribution in [-0.4, -0.2) is 38.5 Å². The van der Waals surface area contributed by atoms with Crippen LogP contribution in [0.3, 0.4) is 0 Å². The van der Waals surface area contributed by atoms with E-state index in [0.717, 1.165) is 0 Å². The lowest BCUT2D eigenvalue weighted by molar-refractivity contribution is 0.0393. The van der Waals surface area contributed by atoms with Gasteiger partial charge in [0, 0.05) is 17.1 Å². The van der Waals surface area contributed by atoms with Crippen LogP contribution in [0.15, 0.2) is 20.1 Å². The van der Waals surface area contributed by atoms with Crippen LogP contribution in [-0.2, 0) is 14.8 Å². The van der Waals surface area contributed by atoms with E-state index in [1.807, 2.05) is 6.92 Å². The standard InChI is InChI=1S/C9H12BrNO3S2/c1-7-6-14-4-3-11(7)16(12,13)9-8(10)2-5-15-9/h2,5,7H,3-4,6H2,1H3. The number of sulfonamides is 1. The lowest BCUT2D eigenvalue weighted by Gasteiger charge is -2.31. The molecule has 1 fully saturated rings. The summed E-state index contributed by atoms with van der Waals surface area (Å²) in [6.45, 7) is 3.21. The third kappa shape index (κ3) is 2.19. The van der Waals surface area contributed by atoms with Crippen molar-refractivity contribution in [3.05, 3.63) is 15.9 Å². The molecular formula is C9H12BrNO3S2. The van der Waals surface area contributed by atoms with Gasteiger partial charge in [-0.05, 0) is 34.3 Å². The fourth-order valence-corrected chi connectivity index (χ4v) is 5.67. The molecule has 1 aliphatic rings. The zero-order valence-electron chi connectivity index (χ0n) is 8.72. The normalized spacial score (nSPS) is 23.5. The minimum atomic E-state index is -3.37. The smallest absolute Gasteiger partial charge is 0.254 e. The maximum atomic E-state index is 12.3. The van der Waals surface area contributed by atoms with Gasteiger partial charge in [0.2, 0.25) is 0 Å². The highest BCUT2D eigenvalue weighted by atomic mass is 79.9. The first-order valence-corrected chi connectivity index (χ1v) is 7.97. The maximum Gasteiger partial charge on any atom is 0.254 e. The fourth-order valence-electron chi connectivity index (χ4n) is 1.64. The highest BCUT2D eigenvalue weighted by Crippen LogP contribution is 2.31. The predicted molar refractivity (Wildman–Crippen MR) is 66.2 cm³/mol. The van der Waals surface area contributed by atoms with Crippen molar-refractivity contribution in [3.8, 4) is 0 Å². The highest BCUT2D eigenvalue weighted by Gasteiger charge is 2.33. The molecule has 1 saturated heterocycles. The monoisotopic (exact) mass is 325 g/mol. The summed E-state index contributed by atoms with van der Waals surface area (Å²) in [5, 5.41) is 1.77. The van der Waals surface area contributed by atoms with Crippen LogP contribution in [0, 0.1) is 0 Å². The number of hydrogen-bond acceptors (Lipinski definition) is 4. The largest absolute Gasteiger partial charge is 0.378 e. The first kappa shape index (κ1) is 12.5. The van der Waals surface area contributed by atoms with E-state index in [0.29, 0.717) is 28.4 Å². The number of thiophene rings is 1. The van der Waals surface area contributed by atoms with Gasteiger partial charge in [-0.25, -0.2) is 8.42 Å². The van der Waals surface area contributed by atoms with Crippen LogP contribution in [0.5, 0.6) is 0 Å². The van der Waals surface area contributed by atoms with Crippen LogP contribution in [0.1, 0.15) is 6.92 Å². The summed E-state index contributed by atoms with van der Waals surface area (Å²) in [7, 11) is -3.37. The molecule has 7 heteroatoms. The topological polar surface area (TPSA) is 46.6 Å². The molecule has 0 radical (unpaired) electrons. The first-order chi connectivity index (χ1) is 7.53. The molecule has 0 spiro atoms.